The number of carbonyl (C=O) groups excluding carboxylic acids is 1. The van der Waals surface area contributed by atoms with Gasteiger partial charge in [-0.1, -0.05) is 18.5 Å². The third-order valence-electron chi connectivity index (χ3n) is 4.38. The van der Waals surface area contributed by atoms with Gasteiger partial charge in [-0.15, -0.1) is 0 Å². The zero-order valence-electron chi connectivity index (χ0n) is 14.1. The predicted molar refractivity (Wildman–Crippen MR) is 91.4 cm³/mol. The summed E-state index contributed by atoms with van der Waals surface area (Å²) >= 11 is 5.81. The number of pyridine rings is 1. The lowest BCUT2D eigenvalue weighted by Crippen LogP contribution is -2.32. The van der Waals surface area contributed by atoms with Crippen LogP contribution in [0.15, 0.2) is 24.3 Å². The van der Waals surface area contributed by atoms with Crippen LogP contribution in [0.4, 0.5) is 17.6 Å². The van der Waals surface area contributed by atoms with Crippen molar-refractivity contribution in [2.45, 2.75) is 24.9 Å². The Balaban J connectivity index is 2.17. The van der Waals surface area contributed by atoms with E-state index in [1.165, 1.54) is 18.2 Å². The summed E-state index contributed by atoms with van der Waals surface area (Å²) in [7, 11) is 0. The molecule has 144 valence electrons. The van der Waals surface area contributed by atoms with Gasteiger partial charge in [-0.05, 0) is 24.3 Å². The molecule has 0 aliphatic carbocycles. The lowest BCUT2D eigenvalue weighted by Gasteiger charge is -2.21. The standard InChI is InChI=1S/C18H15ClF4N2O2/c1-9-7-27-17-11(9)5-15(12(6-24-8-26)18(21,22)23)25-16(17)10-2-3-14(20)13(19)4-10/h2-5,8-9,12H,6-7H2,1H3,(H,24,26). The van der Waals surface area contributed by atoms with E-state index in [0.717, 1.165) is 6.07 Å². The molecule has 0 saturated heterocycles. The van der Waals surface area contributed by atoms with Crippen molar-refractivity contribution in [1.29, 1.82) is 0 Å². The summed E-state index contributed by atoms with van der Waals surface area (Å²) in [4.78, 5) is 14.7. The van der Waals surface area contributed by atoms with Gasteiger partial charge in [0.2, 0.25) is 6.41 Å². The van der Waals surface area contributed by atoms with Gasteiger partial charge in [-0.2, -0.15) is 13.2 Å². The molecule has 27 heavy (non-hydrogen) atoms. The Kier molecular flexibility index (Phi) is 5.28. The molecule has 0 spiro atoms. The molecule has 4 nitrogen and oxygen atoms in total. The molecule has 1 aliphatic rings. The van der Waals surface area contributed by atoms with E-state index < -0.39 is 24.5 Å². The Morgan fingerprint density at radius 1 is 1.41 bits per heavy atom. The van der Waals surface area contributed by atoms with Gasteiger partial charge in [0.25, 0.3) is 0 Å². The van der Waals surface area contributed by atoms with Crippen molar-refractivity contribution in [3.05, 3.63) is 46.4 Å². The molecule has 1 amide bonds. The first-order chi connectivity index (χ1) is 12.7. The Hall–Kier alpha value is -2.35. The number of alkyl halides is 3. The second-order valence-electron chi connectivity index (χ2n) is 6.28. The average Bonchev–Trinajstić information content (AvgIpc) is 2.97. The summed E-state index contributed by atoms with van der Waals surface area (Å²) in [5.41, 5.74) is 0.839. The van der Waals surface area contributed by atoms with Gasteiger partial charge in [0, 0.05) is 23.6 Å². The maximum absolute atomic E-state index is 13.5. The van der Waals surface area contributed by atoms with Crippen LogP contribution in [0.25, 0.3) is 11.3 Å². The molecular formula is C18H15ClF4N2O2. The zero-order valence-corrected chi connectivity index (χ0v) is 14.9. The maximum atomic E-state index is 13.5. The highest BCUT2D eigenvalue weighted by Crippen LogP contribution is 2.44. The quantitative estimate of drug-likeness (QED) is 0.594. The van der Waals surface area contributed by atoms with Gasteiger partial charge in [0.15, 0.2) is 0 Å². The van der Waals surface area contributed by atoms with Gasteiger partial charge < -0.3 is 10.1 Å². The highest BCUT2D eigenvalue weighted by molar-refractivity contribution is 6.31. The number of fused-ring (bicyclic) bond motifs is 1. The number of ether oxygens (including phenoxy) is 1. The summed E-state index contributed by atoms with van der Waals surface area (Å²) in [6, 6.07) is 5.15. The zero-order chi connectivity index (χ0) is 19.8. The van der Waals surface area contributed by atoms with E-state index in [1.807, 2.05) is 6.92 Å². The van der Waals surface area contributed by atoms with Crippen LogP contribution in [0.5, 0.6) is 5.75 Å². The van der Waals surface area contributed by atoms with E-state index in [4.69, 9.17) is 16.3 Å². The fraction of sp³-hybridized carbons (Fsp3) is 0.333. The van der Waals surface area contributed by atoms with E-state index in [2.05, 4.69) is 10.3 Å². The van der Waals surface area contributed by atoms with Gasteiger partial charge in [-0.25, -0.2) is 9.37 Å². The first-order valence-corrected chi connectivity index (χ1v) is 8.47. The lowest BCUT2D eigenvalue weighted by molar-refractivity contribution is -0.150. The molecule has 1 aliphatic heterocycles. The minimum atomic E-state index is -4.61. The van der Waals surface area contributed by atoms with Crippen LogP contribution >= 0.6 is 11.6 Å². The summed E-state index contributed by atoms with van der Waals surface area (Å²) in [5, 5.41) is 1.89. The number of hydrogen-bond acceptors (Lipinski definition) is 3. The fourth-order valence-corrected chi connectivity index (χ4v) is 3.14. The largest absolute Gasteiger partial charge is 0.490 e. The molecule has 2 aromatic rings. The number of rotatable bonds is 5. The molecule has 0 fully saturated rings. The maximum Gasteiger partial charge on any atom is 0.398 e. The van der Waals surface area contributed by atoms with Crippen molar-refractivity contribution in [1.82, 2.24) is 10.3 Å². The number of carbonyl (C=O) groups is 1. The number of nitrogens with one attached hydrogen (secondary N) is 1. The van der Waals surface area contributed by atoms with E-state index in [-0.39, 0.29) is 28.7 Å². The van der Waals surface area contributed by atoms with Crippen molar-refractivity contribution in [3.63, 3.8) is 0 Å². The van der Waals surface area contributed by atoms with Crippen molar-refractivity contribution >= 4 is 18.0 Å². The Morgan fingerprint density at radius 3 is 2.78 bits per heavy atom. The van der Waals surface area contributed by atoms with Crippen LogP contribution in [-0.4, -0.2) is 30.7 Å². The number of nitrogens with zero attached hydrogens (tertiary/aromatic N) is 1. The first kappa shape index (κ1) is 19.4. The average molecular weight is 403 g/mol. The molecule has 0 radical (unpaired) electrons. The molecule has 1 N–H and O–H groups in total. The summed E-state index contributed by atoms with van der Waals surface area (Å²) in [6.45, 7) is 1.48. The van der Waals surface area contributed by atoms with E-state index in [1.54, 1.807) is 0 Å². The van der Waals surface area contributed by atoms with Gasteiger partial charge >= 0.3 is 6.18 Å². The van der Waals surface area contributed by atoms with Crippen molar-refractivity contribution in [2.75, 3.05) is 13.2 Å². The summed E-state index contributed by atoms with van der Waals surface area (Å²) < 4.78 is 59.7. The van der Waals surface area contributed by atoms with Crippen LogP contribution in [0, 0.1) is 5.82 Å². The van der Waals surface area contributed by atoms with Crippen molar-refractivity contribution in [3.8, 4) is 17.0 Å². The molecule has 2 unspecified atom stereocenters. The van der Waals surface area contributed by atoms with E-state index in [0.29, 0.717) is 23.5 Å². The highest BCUT2D eigenvalue weighted by Gasteiger charge is 2.42. The van der Waals surface area contributed by atoms with Crippen LogP contribution < -0.4 is 10.1 Å². The number of benzene rings is 1. The Bertz CT molecular complexity index is 873. The summed E-state index contributed by atoms with van der Waals surface area (Å²) in [6.07, 6.45) is -4.41. The number of aromatic nitrogens is 1. The molecule has 1 aromatic carbocycles. The van der Waals surface area contributed by atoms with Crippen LogP contribution in [-0.2, 0) is 4.79 Å². The van der Waals surface area contributed by atoms with Crippen molar-refractivity contribution in [2.24, 2.45) is 0 Å². The lowest BCUT2D eigenvalue weighted by atomic mass is 9.95. The topological polar surface area (TPSA) is 51.2 Å². The molecular weight excluding hydrogens is 388 g/mol. The fourth-order valence-electron chi connectivity index (χ4n) is 2.96. The minimum absolute atomic E-state index is 0.135. The molecule has 3 rings (SSSR count). The van der Waals surface area contributed by atoms with Crippen LogP contribution in [0.2, 0.25) is 5.02 Å². The molecule has 0 bridgehead atoms. The minimum Gasteiger partial charge on any atom is -0.490 e. The van der Waals surface area contributed by atoms with Gasteiger partial charge in [0.05, 0.1) is 17.3 Å². The number of halogens is 5. The Labute approximate surface area is 157 Å². The monoisotopic (exact) mass is 402 g/mol. The highest BCUT2D eigenvalue weighted by atomic mass is 35.5. The van der Waals surface area contributed by atoms with Gasteiger partial charge in [-0.3, -0.25) is 4.79 Å². The normalized spacial score (nSPS) is 17.2. The summed E-state index contributed by atoms with van der Waals surface area (Å²) in [5.74, 6) is -2.41. The predicted octanol–water partition coefficient (Wildman–Crippen LogP) is 4.43. The van der Waals surface area contributed by atoms with Crippen LogP contribution in [0.3, 0.4) is 0 Å². The smallest absolute Gasteiger partial charge is 0.398 e. The molecule has 1 aromatic heterocycles. The number of amides is 1. The second-order valence-corrected chi connectivity index (χ2v) is 6.68. The van der Waals surface area contributed by atoms with Crippen molar-refractivity contribution < 1.29 is 27.1 Å². The third kappa shape index (κ3) is 3.85. The molecule has 0 saturated carbocycles. The van der Waals surface area contributed by atoms with E-state index >= 15 is 0 Å². The SMILES string of the molecule is CC1COc2c1cc(C(CNC=O)C(F)(F)F)nc2-c1ccc(F)c(Cl)c1. The van der Waals surface area contributed by atoms with Gasteiger partial charge in [0.1, 0.15) is 23.2 Å². The Morgan fingerprint density at radius 2 is 2.15 bits per heavy atom. The second kappa shape index (κ2) is 7.34. The third-order valence-corrected chi connectivity index (χ3v) is 4.67. The number of hydrogen-bond donors (Lipinski definition) is 1. The van der Waals surface area contributed by atoms with E-state index in [9.17, 15) is 22.4 Å². The van der Waals surface area contributed by atoms with Crippen LogP contribution in [0.1, 0.15) is 30.0 Å². The molecule has 2 heterocycles. The molecule has 9 heteroatoms. The molecule has 2 atom stereocenters. The first-order valence-electron chi connectivity index (χ1n) is 8.09.